The number of aromatic nitrogens is 4. The van der Waals surface area contributed by atoms with Crippen molar-refractivity contribution in [1.82, 2.24) is 19.6 Å². The van der Waals surface area contributed by atoms with E-state index in [2.05, 4.69) is 50.5 Å². The highest BCUT2D eigenvalue weighted by molar-refractivity contribution is 9.10. The Morgan fingerprint density at radius 1 is 1.25 bits per heavy atom. The van der Waals surface area contributed by atoms with Crippen LogP contribution in [0, 0.1) is 13.8 Å². The Bertz CT molecular complexity index is 868. The maximum Gasteiger partial charge on any atom is 0.247 e. The van der Waals surface area contributed by atoms with Crippen molar-refractivity contribution >= 4 is 27.7 Å². The van der Waals surface area contributed by atoms with Crippen molar-refractivity contribution < 1.29 is 4.79 Å². The average molecular weight is 388 g/mol. The Morgan fingerprint density at radius 2 is 2.04 bits per heavy atom. The van der Waals surface area contributed by atoms with E-state index in [1.807, 2.05) is 29.9 Å². The van der Waals surface area contributed by atoms with Crippen LogP contribution in [-0.2, 0) is 17.9 Å². The van der Waals surface area contributed by atoms with Crippen LogP contribution in [0.2, 0.25) is 0 Å². The molecule has 0 saturated carbocycles. The molecule has 1 aromatic carbocycles. The van der Waals surface area contributed by atoms with Crippen LogP contribution in [0.3, 0.4) is 0 Å². The van der Waals surface area contributed by atoms with Crippen LogP contribution >= 0.6 is 15.9 Å². The minimum Gasteiger partial charge on any atom is -0.308 e. The van der Waals surface area contributed by atoms with Crippen LogP contribution in [0.25, 0.3) is 0 Å². The minimum atomic E-state index is -0.158. The Hall–Kier alpha value is -2.41. The van der Waals surface area contributed by atoms with Gasteiger partial charge in [-0.2, -0.15) is 10.2 Å². The van der Waals surface area contributed by atoms with Gasteiger partial charge < -0.3 is 5.32 Å². The van der Waals surface area contributed by atoms with Gasteiger partial charge in [0.25, 0.3) is 0 Å². The van der Waals surface area contributed by atoms with E-state index in [9.17, 15) is 4.79 Å². The molecule has 1 amide bonds. The molecule has 124 valence electrons. The summed E-state index contributed by atoms with van der Waals surface area (Å²) in [6, 6.07) is 9.98. The van der Waals surface area contributed by atoms with Crippen LogP contribution in [0.4, 0.5) is 5.82 Å². The third-order valence-corrected chi connectivity index (χ3v) is 4.62. The number of hydrogen-bond acceptors (Lipinski definition) is 3. The molecule has 0 bridgehead atoms. The smallest absolute Gasteiger partial charge is 0.247 e. The van der Waals surface area contributed by atoms with Crippen molar-refractivity contribution in [2.24, 2.45) is 0 Å². The zero-order valence-electron chi connectivity index (χ0n) is 13.5. The highest BCUT2D eigenvalue weighted by atomic mass is 79.9. The number of nitrogens with one attached hydrogen (secondary N) is 1. The quantitative estimate of drug-likeness (QED) is 0.731. The number of aryl methyl sites for hydroxylation is 1. The molecule has 0 saturated heterocycles. The fourth-order valence-electron chi connectivity index (χ4n) is 2.38. The number of nitrogens with zero attached hydrogens (tertiary/aromatic N) is 4. The summed E-state index contributed by atoms with van der Waals surface area (Å²) in [4.78, 5) is 12.1. The topological polar surface area (TPSA) is 64.7 Å². The van der Waals surface area contributed by atoms with E-state index in [1.165, 1.54) is 11.1 Å². The normalized spacial score (nSPS) is 10.8. The van der Waals surface area contributed by atoms with Crippen molar-refractivity contribution in [3.63, 3.8) is 0 Å². The third kappa shape index (κ3) is 3.73. The van der Waals surface area contributed by atoms with Crippen LogP contribution < -0.4 is 5.32 Å². The van der Waals surface area contributed by atoms with Crippen LogP contribution in [0.15, 0.2) is 47.2 Å². The molecule has 0 fully saturated rings. The largest absolute Gasteiger partial charge is 0.308 e. The maximum atomic E-state index is 12.1. The first-order valence-electron chi connectivity index (χ1n) is 7.58. The number of amides is 1. The monoisotopic (exact) mass is 387 g/mol. The summed E-state index contributed by atoms with van der Waals surface area (Å²) in [7, 11) is 0. The summed E-state index contributed by atoms with van der Waals surface area (Å²) < 4.78 is 4.34. The summed E-state index contributed by atoms with van der Waals surface area (Å²) in [5.41, 5.74) is 3.34. The number of carbonyl (C=O) groups excluding carboxylic acids is 1. The van der Waals surface area contributed by atoms with E-state index >= 15 is 0 Å². The molecule has 24 heavy (non-hydrogen) atoms. The van der Waals surface area contributed by atoms with Gasteiger partial charge in [0.2, 0.25) is 5.91 Å². The molecular weight excluding hydrogens is 370 g/mol. The van der Waals surface area contributed by atoms with E-state index in [0.29, 0.717) is 12.4 Å². The highest BCUT2D eigenvalue weighted by Crippen LogP contribution is 2.14. The first kappa shape index (κ1) is 16.4. The molecule has 7 heteroatoms. The van der Waals surface area contributed by atoms with Gasteiger partial charge in [0.05, 0.1) is 22.9 Å². The SMILES string of the molecule is Cc1ccccc1Cn1ccc(NC(=O)Cn2ncc(Br)c2C)n1. The van der Waals surface area contributed by atoms with E-state index in [1.54, 1.807) is 16.9 Å². The van der Waals surface area contributed by atoms with Gasteiger partial charge in [-0.05, 0) is 40.9 Å². The first-order chi connectivity index (χ1) is 11.5. The average Bonchev–Trinajstić information content (AvgIpc) is 3.11. The van der Waals surface area contributed by atoms with Gasteiger partial charge in [0, 0.05) is 12.3 Å². The number of anilines is 1. The van der Waals surface area contributed by atoms with Gasteiger partial charge in [-0.1, -0.05) is 24.3 Å². The predicted octanol–water partition coefficient (Wildman–Crippen LogP) is 3.15. The lowest BCUT2D eigenvalue weighted by Crippen LogP contribution is -2.20. The summed E-state index contributed by atoms with van der Waals surface area (Å²) in [6.07, 6.45) is 3.54. The molecule has 0 unspecified atom stereocenters. The number of hydrogen-bond donors (Lipinski definition) is 1. The molecule has 2 aromatic heterocycles. The van der Waals surface area contributed by atoms with E-state index in [0.717, 1.165) is 10.2 Å². The number of halogens is 1. The molecule has 0 aliphatic heterocycles. The molecule has 2 heterocycles. The van der Waals surface area contributed by atoms with Crippen LogP contribution in [0.1, 0.15) is 16.8 Å². The Labute approximate surface area is 148 Å². The van der Waals surface area contributed by atoms with Gasteiger partial charge in [-0.25, -0.2) is 0 Å². The third-order valence-electron chi connectivity index (χ3n) is 3.84. The zero-order chi connectivity index (χ0) is 17.1. The molecule has 0 atom stereocenters. The van der Waals surface area contributed by atoms with Crippen molar-refractivity contribution in [1.29, 1.82) is 0 Å². The van der Waals surface area contributed by atoms with Crippen LogP contribution in [0.5, 0.6) is 0 Å². The Balaban J connectivity index is 1.62. The molecule has 3 aromatic rings. The standard InChI is InChI=1S/C17H18BrN5O/c1-12-5-3-4-6-14(12)10-22-8-7-16(21-22)20-17(24)11-23-13(2)15(18)9-19-23/h3-9H,10-11H2,1-2H3,(H,20,21,24). The maximum absolute atomic E-state index is 12.1. The number of rotatable bonds is 5. The van der Waals surface area contributed by atoms with Gasteiger partial charge in [-0.15, -0.1) is 0 Å². The van der Waals surface area contributed by atoms with E-state index in [4.69, 9.17) is 0 Å². The summed E-state index contributed by atoms with van der Waals surface area (Å²) >= 11 is 3.38. The lowest BCUT2D eigenvalue weighted by Gasteiger charge is -2.06. The lowest BCUT2D eigenvalue weighted by molar-refractivity contribution is -0.117. The second kappa shape index (κ2) is 7.00. The summed E-state index contributed by atoms with van der Waals surface area (Å²) in [5.74, 6) is 0.382. The van der Waals surface area contributed by atoms with Gasteiger partial charge in [0.1, 0.15) is 6.54 Å². The van der Waals surface area contributed by atoms with E-state index in [-0.39, 0.29) is 12.5 Å². The molecule has 6 nitrogen and oxygen atoms in total. The van der Waals surface area contributed by atoms with Crippen molar-refractivity contribution in [3.8, 4) is 0 Å². The molecule has 3 rings (SSSR count). The summed E-state index contributed by atoms with van der Waals surface area (Å²) in [5, 5.41) is 11.4. The summed E-state index contributed by atoms with van der Waals surface area (Å²) in [6.45, 7) is 4.81. The number of benzene rings is 1. The minimum absolute atomic E-state index is 0.155. The van der Waals surface area contributed by atoms with E-state index < -0.39 is 0 Å². The van der Waals surface area contributed by atoms with Crippen molar-refractivity contribution in [3.05, 3.63) is 64.0 Å². The second-order valence-electron chi connectivity index (χ2n) is 5.61. The molecule has 0 aliphatic carbocycles. The first-order valence-corrected chi connectivity index (χ1v) is 8.38. The highest BCUT2D eigenvalue weighted by Gasteiger charge is 2.10. The fraction of sp³-hybridized carbons (Fsp3) is 0.235. The molecular formula is C17H18BrN5O. The predicted molar refractivity (Wildman–Crippen MR) is 95.8 cm³/mol. The lowest BCUT2D eigenvalue weighted by atomic mass is 10.1. The van der Waals surface area contributed by atoms with Crippen molar-refractivity contribution in [2.45, 2.75) is 26.9 Å². The van der Waals surface area contributed by atoms with Gasteiger partial charge >= 0.3 is 0 Å². The van der Waals surface area contributed by atoms with Crippen LogP contribution in [-0.4, -0.2) is 25.5 Å². The molecule has 0 spiro atoms. The fourth-order valence-corrected chi connectivity index (χ4v) is 2.68. The van der Waals surface area contributed by atoms with Gasteiger partial charge in [0.15, 0.2) is 5.82 Å². The van der Waals surface area contributed by atoms with Crippen molar-refractivity contribution in [2.75, 3.05) is 5.32 Å². The zero-order valence-corrected chi connectivity index (χ0v) is 15.1. The molecule has 1 N–H and O–H groups in total. The second-order valence-corrected chi connectivity index (χ2v) is 6.46. The Kier molecular flexibility index (Phi) is 4.80. The number of carbonyl (C=O) groups is 1. The Morgan fingerprint density at radius 3 is 2.75 bits per heavy atom. The molecule has 0 radical (unpaired) electrons. The molecule has 0 aliphatic rings. The van der Waals surface area contributed by atoms with Gasteiger partial charge in [-0.3, -0.25) is 14.2 Å².